The second kappa shape index (κ2) is 7.42. The van der Waals surface area contributed by atoms with Crippen molar-refractivity contribution in [3.63, 3.8) is 0 Å². The van der Waals surface area contributed by atoms with E-state index < -0.39 is 0 Å². The van der Waals surface area contributed by atoms with Crippen LogP contribution < -0.4 is 0 Å². The molecule has 0 aromatic carbocycles. The van der Waals surface area contributed by atoms with Gasteiger partial charge in [-0.1, -0.05) is 5.21 Å². The molecule has 8 heteroatoms. The Kier molecular flexibility index (Phi) is 5.27. The zero-order chi connectivity index (χ0) is 17.1. The molecule has 0 aliphatic carbocycles. The van der Waals surface area contributed by atoms with Crippen LogP contribution in [0.2, 0.25) is 0 Å². The summed E-state index contributed by atoms with van der Waals surface area (Å²) in [5.74, 6) is 0.143. The van der Waals surface area contributed by atoms with E-state index in [4.69, 9.17) is 4.74 Å². The van der Waals surface area contributed by atoms with Gasteiger partial charge in [-0.2, -0.15) is 11.3 Å². The molecule has 1 aliphatic heterocycles. The number of rotatable bonds is 6. The van der Waals surface area contributed by atoms with E-state index in [0.29, 0.717) is 26.3 Å². The van der Waals surface area contributed by atoms with Gasteiger partial charge in [0, 0.05) is 31.4 Å². The van der Waals surface area contributed by atoms with E-state index in [0.717, 1.165) is 23.5 Å². The monoisotopic (exact) mass is 349 g/mol. The highest BCUT2D eigenvalue weighted by molar-refractivity contribution is 7.08. The SMILES string of the molecule is CN(C)CCOC[C@@H]1CN(C(=O)c2ccsc2)Cc2nnn(C)c21. The highest BCUT2D eigenvalue weighted by Crippen LogP contribution is 2.28. The lowest BCUT2D eigenvalue weighted by atomic mass is 9.98. The fraction of sp³-hybridized carbons (Fsp3) is 0.562. The van der Waals surface area contributed by atoms with Gasteiger partial charge in [-0.15, -0.1) is 5.10 Å². The number of hydrogen-bond donors (Lipinski definition) is 0. The van der Waals surface area contributed by atoms with Crippen molar-refractivity contribution < 1.29 is 9.53 Å². The van der Waals surface area contributed by atoms with E-state index in [-0.39, 0.29) is 11.8 Å². The van der Waals surface area contributed by atoms with Crippen molar-refractivity contribution >= 4 is 17.2 Å². The van der Waals surface area contributed by atoms with Gasteiger partial charge in [-0.25, -0.2) is 0 Å². The van der Waals surface area contributed by atoms with Crippen molar-refractivity contribution in [3.05, 3.63) is 33.8 Å². The Labute approximate surface area is 145 Å². The predicted molar refractivity (Wildman–Crippen MR) is 92.2 cm³/mol. The number of aryl methyl sites for hydroxylation is 1. The van der Waals surface area contributed by atoms with Crippen molar-refractivity contribution in [2.45, 2.75) is 12.5 Å². The molecule has 7 nitrogen and oxygen atoms in total. The van der Waals surface area contributed by atoms with Gasteiger partial charge in [-0.05, 0) is 25.5 Å². The maximum absolute atomic E-state index is 12.7. The molecule has 3 rings (SSSR count). The van der Waals surface area contributed by atoms with Crippen LogP contribution in [-0.2, 0) is 18.3 Å². The summed E-state index contributed by atoms with van der Waals surface area (Å²) in [6.45, 7) is 3.25. The zero-order valence-electron chi connectivity index (χ0n) is 14.3. The van der Waals surface area contributed by atoms with Crippen molar-refractivity contribution in [3.8, 4) is 0 Å². The molecule has 0 radical (unpaired) electrons. The van der Waals surface area contributed by atoms with Gasteiger partial charge >= 0.3 is 0 Å². The lowest BCUT2D eigenvalue weighted by Gasteiger charge is -2.32. The number of ether oxygens (including phenoxy) is 1. The minimum atomic E-state index is 0.0471. The minimum absolute atomic E-state index is 0.0471. The van der Waals surface area contributed by atoms with Crippen LogP contribution in [0.1, 0.15) is 27.7 Å². The summed E-state index contributed by atoms with van der Waals surface area (Å²) in [6, 6.07) is 1.86. The van der Waals surface area contributed by atoms with E-state index in [9.17, 15) is 4.79 Å². The number of carbonyl (C=O) groups is 1. The van der Waals surface area contributed by atoms with E-state index in [1.165, 1.54) is 11.3 Å². The Morgan fingerprint density at radius 2 is 2.33 bits per heavy atom. The second-order valence-corrected chi connectivity index (χ2v) is 7.10. The Balaban J connectivity index is 1.72. The van der Waals surface area contributed by atoms with Crippen LogP contribution in [0.3, 0.4) is 0 Å². The normalized spacial score (nSPS) is 17.3. The van der Waals surface area contributed by atoms with Gasteiger partial charge in [0.25, 0.3) is 5.91 Å². The molecule has 0 N–H and O–H groups in total. The van der Waals surface area contributed by atoms with Crippen molar-refractivity contribution in [1.82, 2.24) is 24.8 Å². The summed E-state index contributed by atoms with van der Waals surface area (Å²) < 4.78 is 7.64. The summed E-state index contributed by atoms with van der Waals surface area (Å²) in [4.78, 5) is 16.6. The van der Waals surface area contributed by atoms with Crippen molar-refractivity contribution in [1.29, 1.82) is 0 Å². The Hall–Kier alpha value is -1.77. The number of thiophene rings is 1. The fourth-order valence-corrected chi connectivity index (χ4v) is 3.58. The largest absolute Gasteiger partial charge is 0.379 e. The minimum Gasteiger partial charge on any atom is -0.379 e. The smallest absolute Gasteiger partial charge is 0.255 e. The number of aromatic nitrogens is 3. The molecule has 2 aromatic rings. The quantitative estimate of drug-likeness (QED) is 0.733. The van der Waals surface area contributed by atoms with Gasteiger partial charge in [0.1, 0.15) is 5.69 Å². The standard InChI is InChI=1S/C16H23N5O2S/c1-19(2)5-6-23-10-13-8-21(16(22)12-4-7-24-11-12)9-14-15(13)20(3)18-17-14/h4,7,11,13H,5-6,8-10H2,1-3H3/t13-/m0/s1. The van der Waals surface area contributed by atoms with Gasteiger partial charge in [-0.3, -0.25) is 9.48 Å². The first kappa shape index (κ1) is 17.1. The Bertz CT molecular complexity index is 683. The maximum atomic E-state index is 12.7. The van der Waals surface area contributed by atoms with E-state index >= 15 is 0 Å². The summed E-state index contributed by atoms with van der Waals surface area (Å²) in [6.07, 6.45) is 0. The number of fused-ring (bicyclic) bond motifs is 1. The molecule has 0 saturated carbocycles. The lowest BCUT2D eigenvalue weighted by molar-refractivity contribution is 0.0614. The lowest BCUT2D eigenvalue weighted by Crippen LogP contribution is -2.40. The molecule has 0 bridgehead atoms. The van der Waals surface area contributed by atoms with Crippen LogP contribution in [0.15, 0.2) is 16.8 Å². The van der Waals surface area contributed by atoms with Crippen LogP contribution in [0.5, 0.6) is 0 Å². The Morgan fingerprint density at radius 3 is 3.04 bits per heavy atom. The molecule has 1 amide bonds. The molecule has 130 valence electrons. The number of nitrogens with zero attached hydrogens (tertiary/aromatic N) is 5. The summed E-state index contributed by atoms with van der Waals surface area (Å²) >= 11 is 1.53. The first-order chi connectivity index (χ1) is 11.6. The summed E-state index contributed by atoms with van der Waals surface area (Å²) in [5, 5.41) is 12.2. The first-order valence-corrected chi connectivity index (χ1v) is 8.93. The molecule has 0 spiro atoms. The summed E-state index contributed by atoms with van der Waals surface area (Å²) in [5.41, 5.74) is 2.68. The molecule has 3 heterocycles. The van der Waals surface area contributed by atoms with Crippen molar-refractivity contribution in [2.75, 3.05) is 40.4 Å². The van der Waals surface area contributed by atoms with Crippen LogP contribution in [0.25, 0.3) is 0 Å². The average molecular weight is 349 g/mol. The van der Waals surface area contributed by atoms with Gasteiger partial charge in [0.05, 0.1) is 31.0 Å². The second-order valence-electron chi connectivity index (χ2n) is 6.32. The molecule has 0 saturated heterocycles. The highest BCUT2D eigenvalue weighted by Gasteiger charge is 2.32. The van der Waals surface area contributed by atoms with Gasteiger partial charge in [0.15, 0.2) is 0 Å². The third-order valence-electron chi connectivity index (χ3n) is 4.17. The van der Waals surface area contributed by atoms with Crippen LogP contribution in [-0.4, -0.2) is 71.1 Å². The molecule has 24 heavy (non-hydrogen) atoms. The molecule has 1 aliphatic rings. The number of amides is 1. The first-order valence-electron chi connectivity index (χ1n) is 7.98. The van der Waals surface area contributed by atoms with E-state index in [1.807, 2.05) is 47.6 Å². The molecular weight excluding hydrogens is 326 g/mol. The fourth-order valence-electron chi connectivity index (χ4n) is 2.95. The van der Waals surface area contributed by atoms with Crippen LogP contribution in [0, 0.1) is 0 Å². The van der Waals surface area contributed by atoms with Gasteiger partial charge < -0.3 is 14.5 Å². The predicted octanol–water partition coefficient (Wildman–Crippen LogP) is 1.19. The molecule has 2 aromatic heterocycles. The van der Waals surface area contributed by atoms with E-state index in [1.54, 1.807) is 0 Å². The third-order valence-corrected chi connectivity index (χ3v) is 4.85. The molecule has 1 atom stereocenters. The number of carbonyl (C=O) groups excluding carboxylic acids is 1. The molecule has 0 fully saturated rings. The summed E-state index contributed by atoms with van der Waals surface area (Å²) in [7, 11) is 5.94. The highest BCUT2D eigenvalue weighted by atomic mass is 32.1. The molecular formula is C16H23N5O2S. The van der Waals surface area contributed by atoms with Crippen LogP contribution >= 0.6 is 11.3 Å². The molecule has 0 unspecified atom stereocenters. The topological polar surface area (TPSA) is 63.5 Å². The number of hydrogen-bond acceptors (Lipinski definition) is 6. The third kappa shape index (κ3) is 3.66. The van der Waals surface area contributed by atoms with Crippen LogP contribution in [0.4, 0.5) is 0 Å². The number of likely N-dealkylation sites (N-methyl/N-ethyl adjacent to an activating group) is 1. The average Bonchev–Trinajstić information content (AvgIpc) is 3.21. The maximum Gasteiger partial charge on any atom is 0.255 e. The Morgan fingerprint density at radius 1 is 1.50 bits per heavy atom. The van der Waals surface area contributed by atoms with E-state index in [2.05, 4.69) is 15.2 Å². The zero-order valence-corrected chi connectivity index (χ0v) is 15.1. The van der Waals surface area contributed by atoms with Crippen molar-refractivity contribution in [2.24, 2.45) is 7.05 Å². The van der Waals surface area contributed by atoms with Gasteiger partial charge in [0.2, 0.25) is 0 Å².